The van der Waals surface area contributed by atoms with E-state index in [0.29, 0.717) is 12.5 Å². The molecule has 0 aromatic heterocycles. The van der Waals surface area contributed by atoms with E-state index in [2.05, 4.69) is 20.5 Å². The quantitative estimate of drug-likeness (QED) is 0.222. The van der Waals surface area contributed by atoms with Gasteiger partial charge in [-0.15, -0.1) is 24.0 Å². The average Bonchev–Trinajstić information content (AvgIpc) is 2.70. The number of aliphatic imine (C=N–C) groups is 1. The Bertz CT molecular complexity index is 622. The number of rotatable bonds is 9. The molecule has 0 bridgehead atoms. The fourth-order valence-corrected chi connectivity index (χ4v) is 2.77. The Morgan fingerprint density at radius 1 is 1.17 bits per heavy atom. The molecule has 0 unspecified atom stereocenters. The highest BCUT2D eigenvalue weighted by Crippen LogP contribution is 2.02. The van der Waals surface area contributed by atoms with Crippen molar-refractivity contribution >= 4 is 35.8 Å². The number of nitrogens with zero attached hydrogens (tertiary/aromatic N) is 3. The first-order valence-corrected chi connectivity index (χ1v) is 9.81. The molecule has 1 aromatic rings. The van der Waals surface area contributed by atoms with Gasteiger partial charge in [-0.25, -0.2) is 9.38 Å². The number of benzene rings is 1. The van der Waals surface area contributed by atoms with Gasteiger partial charge in [0.05, 0.1) is 13.2 Å². The number of hydrogen-bond donors (Lipinski definition) is 2. The van der Waals surface area contributed by atoms with Crippen molar-refractivity contribution in [2.45, 2.75) is 12.8 Å². The lowest BCUT2D eigenvalue weighted by molar-refractivity contribution is -0.127. The lowest BCUT2D eigenvalue weighted by Gasteiger charge is -2.26. The Morgan fingerprint density at radius 3 is 2.48 bits per heavy atom. The number of nitrogens with one attached hydrogen (secondary N) is 2. The normalized spacial score (nSPS) is 14.8. The van der Waals surface area contributed by atoms with E-state index in [9.17, 15) is 9.18 Å². The molecule has 1 fully saturated rings. The molecule has 0 atom stereocenters. The zero-order valence-electron chi connectivity index (χ0n) is 17.3. The van der Waals surface area contributed by atoms with Crippen LogP contribution in [0.3, 0.4) is 0 Å². The third kappa shape index (κ3) is 10.8. The molecular formula is C20H33FIN5O2. The molecule has 1 amide bonds. The summed E-state index contributed by atoms with van der Waals surface area (Å²) in [6, 6.07) is 6.48. The average molecular weight is 521 g/mol. The first-order chi connectivity index (χ1) is 13.5. The van der Waals surface area contributed by atoms with Gasteiger partial charge in [-0.05, 0) is 37.1 Å². The first kappa shape index (κ1) is 25.6. The molecule has 0 aliphatic carbocycles. The summed E-state index contributed by atoms with van der Waals surface area (Å²) in [6.45, 7) is 6.10. The van der Waals surface area contributed by atoms with Gasteiger partial charge in [0.15, 0.2) is 5.96 Å². The standard InChI is InChI=1S/C20H32FN5O2.HI/c1-25(2)19(27)16-24-20(22-9-3-11-26-12-14-28-15-13-26)23-10-8-17-4-6-18(21)7-5-17;/h4-7H,3,8-16H2,1-2H3,(H2,22,23,24);1H. The van der Waals surface area contributed by atoms with Crippen molar-refractivity contribution in [3.63, 3.8) is 0 Å². The van der Waals surface area contributed by atoms with Crippen LogP contribution in [-0.2, 0) is 16.0 Å². The summed E-state index contributed by atoms with van der Waals surface area (Å²) in [5.41, 5.74) is 1.05. The maximum absolute atomic E-state index is 13.0. The molecule has 2 rings (SSSR count). The topological polar surface area (TPSA) is 69.2 Å². The highest BCUT2D eigenvalue weighted by Gasteiger charge is 2.09. The van der Waals surface area contributed by atoms with Gasteiger partial charge >= 0.3 is 0 Å². The zero-order chi connectivity index (χ0) is 20.2. The molecule has 2 N–H and O–H groups in total. The van der Waals surface area contributed by atoms with Crippen LogP contribution < -0.4 is 10.6 Å². The molecule has 1 aromatic carbocycles. The van der Waals surface area contributed by atoms with Gasteiger partial charge in [0.2, 0.25) is 5.91 Å². The molecule has 1 aliphatic heterocycles. The van der Waals surface area contributed by atoms with Gasteiger partial charge in [0.25, 0.3) is 0 Å². The Balaban J connectivity index is 0.00000420. The molecule has 0 radical (unpaired) electrons. The van der Waals surface area contributed by atoms with Crippen molar-refractivity contribution in [3.05, 3.63) is 35.6 Å². The number of amides is 1. The van der Waals surface area contributed by atoms with E-state index in [0.717, 1.165) is 57.8 Å². The van der Waals surface area contributed by atoms with Crippen molar-refractivity contribution in [2.24, 2.45) is 4.99 Å². The monoisotopic (exact) mass is 521 g/mol. The van der Waals surface area contributed by atoms with Crippen molar-refractivity contribution < 1.29 is 13.9 Å². The Hall–Kier alpha value is -1.46. The summed E-state index contributed by atoms with van der Waals surface area (Å²) in [5.74, 6) is 0.343. The lowest BCUT2D eigenvalue weighted by atomic mass is 10.1. The summed E-state index contributed by atoms with van der Waals surface area (Å²) in [7, 11) is 3.44. The van der Waals surface area contributed by atoms with Crippen LogP contribution in [0.1, 0.15) is 12.0 Å². The van der Waals surface area contributed by atoms with Gasteiger partial charge in [-0.1, -0.05) is 12.1 Å². The molecule has 9 heteroatoms. The molecule has 29 heavy (non-hydrogen) atoms. The van der Waals surface area contributed by atoms with Gasteiger partial charge in [0.1, 0.15) is 12.4 Å². The van der Waals surface area contributed by atoms with Crippen LogP contribution in [0.15, 0.2) is 29.3 Å². The van der Waals surface area contributed by atoms with Crippen LogP contribution in [0.25, 0.3) is 0 Å². The fourth-order valence-electron chi connectivity index (χ4n) is 2.77. The van der Waals surface area contributed by atoms with E-state index < -0.39 is 0 Å². The predicted octanol–water partition coefficient (Wildman–Crippen LogP) is 1.33. The highest BCUT2D eigenvalue weighted by molar-refractivity contribution is 14.0. The van der Waals surface area contributed by atoms with Crippen molar-refractivity contribution in [1.82, 2.24) is 20.4 Å². The maximum Gasteiger partial charge on any atom is 0.243 e. The second kappa shape index (κ2) is 14.5. The molecular weight excluding hydrogens is 488 g/mol. The molecule has 164 valence electrons. The SMILES string of the molecule is CN(C)C(=O)CN=C(NCCCN1CCOCC1)NCCc1ccc(F)cc1.I. The van der Waals surface area contributed by atoms with E-state index in [-0.39, 0.29) is 42.2 Å². The predicted molar refractivity (Wildman–Crippen MR) is 124 cm³/mol. The van der Waals surface area contributed by atoms with Crippen molar-refractivity contribution in [2.75, 3.05) is 66.6 Å². The van der Waals surface area contributed by atoms with Crippen molar-refractivity contribution in [3.8, 4) is 0 Å². The summed E-state index contributed by atoms with van der Waals surface area (Å²) in [4.78, 5) is 20.1. The van der Waals surface area contributed by atoms with Crippen LogP contribution in [0, 0.1) is 5.82 Å². The van der Waals surface area contributed by atoms with E-state index in [1.165, 1.54) is 17.0 Å². The molecule has 1 aliphatic rings. The Morgan fingerprint density at radius 2 is 1.83 bits per heavy atom. The van der Waals surface area contributed by atoms with E-state index >= 15 is 0 Å². The lowest BCUT2D eigenvalue weighted by Crippen LogP contribution is -2.41. The molecule has 0 saturated carbocycles. The number of guanidine groups is 1. The third-order valence-electron chi connectivity index (χ3n) is 4.54. The Labute approximate surface area is 190 Å². The van der Waals surface area contributed by atoms with Crippen molar-refractivity contribution in [1.29, 1.82) is 0 Å². The third-order valence-corrected chi connectivity index (χ3v) is 4.54. The smallest absolute Gasteiger partial charge is 0.243 e. The van der Waals surface area contributed by atoms with E-state index in [4.69, 9.17) is 4.74 Å². The van der Waals surface area contributed by atoms with Crippen LogP contribution in [0.5, 0.6) is 0 Å². The molecule has 7 nitrogen and oxygen atoms in total. The van der Waals surface area contributed by atoms with Gasteiger partial charge < -0.3 is 20.3 Å². The highest BCUT2D eigenvalue weighted by atomic mass is 127. The van der Waals surface area contributed by atoms with Crippen LogP contribution in [0.2, 0.25) is 0 Å². The minimum Gasteiger partial charge on any atom is -0.379 e. The van der Waals surface area contributed by atoms with Gasteiger partial charge in [-0.2, -0.15) is 0 Å². The zero-order valence-corrected chi connectivity index (χ0v) is 19.7. The van der Waals surface area contributed by atoms with Gasteiger partial charge in [0, 0.05) is 40.3 Å². The maximum atomic E-state index is 13.0. The minimum atomic E-state index is -0.233. The van der Waals surface area contributed by atoms with E-state index in [1.54, 1.807) is 26.2 Å². The molecule has 1 saturated heterocycles. The molecule has 0 spiro atoms. The Kier molecular flexibility index (Phi) is 12.8. The van der Waals surface area contributed by atoms with Crippen LogP contribution in [-0.4, -0.2) is 88.2 Å². The number of halogens is 2. The summed E-state index contributed by atoms with van der Waals surface area (Å²) in [6.07, 6.45) is 1.73. The summed E-state index contributed by atoms with van der Waals surface area (Å²) < 4.78 is 18.4. The van der Waals surface area contributed by atoms with Crippen LogP contribution >= 0.6 is 24.0 Å². The number of morpholine rings is 1. The second-order valence-electron chi connectivity index (χ2n) is 6.99. The fraction of sp³-hybridized carbons (Fsp3) is 0.600. The van der Waals surface area contributed by atoms with E-state index in [1.807, 2.05) is 0 Å². The largest absolute Gasteiger partial charge is 0.379 e. The number of carbonyl (C=O) groups excluding carboxylic acids is 1. The van der Waals surface area contributed by atoms with Crippen LogP contribution in [0.4, 0.5) is 4.39 Å². The number of carbonyl (C=O) groups is 1. The summed E-state index contributed by atoms with van der Waals surface area (Å²) >= 11 is 0. The number of hydrogen-bond acceptors (Lipinski definition) is 4. The van der Waals surface area contributed by atoms with Gasteiger partial charge in [-0.3, -0.25) is 9.69 Å². The number of ether oxygens (including phenoxy) is 1. The second-order valence-corrected chi connectivity index (χ2v) is 6.99. The summed E-state index contributed by atoms with van der Waals surface area (Å²) in [5, 5.41) is 6.56. The number of likely N-dealkylation sites (N-methyl/N-ethyl adjacent to an activating group) is 1. The first-order valence-electron chi connectivity index (χ1n) is 9.81. The minimum absolute atomic E-state index is 0. The molecule has 1 heterocycles.